The number of ether oxygens (including phenoxy) is 1. The lowest BCUT2D eigenvalue weighted by Gasteiger charge is -2.44. The molecule has 0 spiro atoms. The molecule has 2 aromatic heterocycles. The van der Waals surface area contributed by atoms with Crippen LogP contribution in [0.5, 0.6) is 5.75 Å². The Hall–Kier alpha value is -3.32. The molecule has 1 fully saturated rings. The molecule has 1 aliphatic carbocycles. The van der Waals surface area contributed by atoms with Gasteiger partial charge in [0.1, 0.15) is 40.8 Å². The summed E-state index contributed by atoms with van der Waals surface area (Å²) in [5, 5.41) is 19.4. The van der Waals surface area contributed by atoms with Crippen LogP contribution in [0.1, 0.15) is 37.1 Å². The summed E-state index contributed by atoms with van der Waals surface area (Å²) < 4.78 is 33.7. The average Bonchev–Trinajstić information content (AvgIpc) is 3.12. The van der Waals surface area contributed by atoms with Crippen LogP contribution >= 0.6 is 0 Å². The first-order valence-corrected chi connectivity index (χ1v) is 14.8. The molecule has 0 saturated carbocycles. The Kier molecular flexibility index (Phi) is 6.49. The highest BCUT2D eigenvalue weighted by Gasteiger charge is 2.47. The monoisotopic (exact) mass is 566 g/mol. The third-order valence-electron chi connectivity index (χ3n) is 8.11. The summed E-state index contributed by atoms with van der Waals surface area (Å²) in [7, 11) is -4.00. The maximum atomic E-state index is 13.2. The van der Waals surface area contributed by atoms with Crippen molar-refractivity contribution in [3.05, 3.63) is 53.6 Å². The summed E-state index contributed by atoms with van der Waals surface area (Å²) in [5.74, 6) is 1.60. The SMILES string of the molecule is CC1(C)CCc2ncnc(N3CCOc4ccc(-c5cnc(N)c(S(=O)(=O)N6CC(O)(CO)C6)c5)cc4C3)c2C1. The zero-order valence-corrected chi connectivity index (χ0v) is 23.5. The number of benzene rings is 1. The van der Waals surface area contributed by atoms with Crippen molar-refractivity contribution in [1.29, 1.82) is 0 Å². The van der Waals surface area contributed by atoms with Crippen LogP contribution in [0.15, 0.2) is 41.7 Å². The molecule has 212 valence electrons. The number of anilines is 2. The summed E-state index contributed by atoms with van der Waals surface area (Å²) in [6, 6.07) is 7.27. The molecule has 6 rings (SSSR count). The maximum Gasteiger partial charge on any atom is 0.246 e. The largest absolute Gasteiger partial charge is 0.491 e. The first-order valence-electron chi connectivity index (χ1n) is 13.4. The number of fused-ring (bicyclic) bond motifs is 2. The van der Waals surface area contributed by atoms with Gasteiger partial charge in [0.05, 0.1) is 13.2 Å². The molecule has 0 amide bonds. The van der Waals surface area contributed by atoms with Crippen LogP contribution in [0.3, 0.4) is 0 Å². The van der Waals surface area contributed by atoms with Gasteiger partial charge in [-0.05, 0) is 48.4 Å². The first kappa shape index (κ1) is 26.9. The summed E-state index contributed by atoms with van der Waals surface area (Å²) in [5.41, 5.74) is 9.38. The van der Waals surface area contributed by atoms with Crippen molar-refractivity contribution in [3.8, 4) is 16.9 Å². The summed E-state index contributed by atoms with van der Waals surface area (Å²) >= 11 is 0. The number of rotatable bonds is 5. The molecular formula is C28H34N6O5S. The van der Waals surface area contributed by atoms with Gasteiger partial charge in [0.25, 0.3) is 0 Å². The lowest BCUT2D eigenvalue weighted by Crippen LogP contribution is -2.65. The van der Waals surface area contributed by atoms with Gasteiger partial charge in [0.2, 0.25) is 10.0 Å². The van der Waals surface area contributed by atoms with Crippen molar-refractivity contribution < 1.29 is 23.4 Å². The molecule has 0 atom stereocenters. The highest BCUT2D eigenvalue weighted by atomic mass is 32.2. The summed E-state index contributed by atoms with van der Waals surface area (Å²) in [6.45, 7) is 5.40. The molecular weight excluding hydrogens is 532 g/mol. The number of hydrogen-bond donors (Lipinski definition) is 3. The fourth-order valence-electron chi connectivity index (χ4n) is 5.72. The van der Waals surface area contributed by atoms with Crippen molar-refractivity contribution in [2.75, 3.05) is 43.5 Å². The van der Waals surface area contributed by atoms with E-state index in [2.05, 4.69) is 28.7 Å². The van der Waals surface area contributed by atoms with Gasteiger partial charge in [0, 0.05) is 48.2 Å². The van der Waals surface area contributed by atoms with E-state index >= 15 is 0 Å². The number of aliphatic hydroxyl groups is 2. The molecule has 3 aromatic rings. The molecule has 0 bridgehead atoms. The molecule has 2 aliphatic heterocycles. The molecule has 1 aromatic carbocycles. The molecule has 12 heteroatoms. The molecule has 3 aliphatic rings. The second-order valence-electron chi connectivity index (χ2n) is 11.8. The Bertz CT molecular complexity index is 1570. The Labute approximate surface area is 233 Å². The second-order valence-corrected chi connectivity index (χ2v) is 13.7. The van der Waals surface area contributed by atoms with Crippen LogP contribution in [0.4, 0.5) is 11.6 Å². The van der Waals surface area contributed by atoms with E-state index in [0.717, 1.165) is 52.0 Å². The highest BCUT2D eigenvalue weighted by Crippen LogP contribution is 2.39. The topological polar surface area (TPSA) is 155 Å². The Balaban J connectivity index is 1.31. The minimum Gasteiger partial charge on any atom is -0.491 e. The number of hydrogen-bond acceptors (Lipinski definition) is 10. The van der Waals surface area contributed by atoms with E-state index in [9.17, 15) is 18.6 Å². The van der Waals surface area contributed by atoms with Crippen LogP contribution in [0.2, 0.25) is 0 Å². The second kappa shape index (κ2) is 9.65. The number of β-amino-alcohol motifs (C(OH)–C–C–N with tert-alkyl or cyclic N) is 1. The number of sulfonamides is 1. The van der Waals surface area contributed by atoms with Gasteiger partial charge in [-0.25, -0.2) is 23.4 Å². The van der Waals surface area contributed by atoms with E-state index in [-0.39, 0.29) is 29.2 Å². The van der Waals surface area contributed by atoms with Crippen LogP contribution in [0.25, 0.3) is 11.1 Å². The first-order chi connectivity index (χ1) is 19.0. The smallest absolute Gasteiger partial charge is 0.246 e. The minimum atomic E-state index is -4.00. The summed E-state index contributed by atoms with van der Waals surface area (Å²) in [6.07, 6.45) is 6.16. The molecule has 11 nitrogen and oxygen atoms in total. The van der Waals surface area contributed by atoms with Crippen LogP contribution < -0.4 is 15.4 Å². The molecule has 0 unspecified atom stereocenters. The van der Waals surface area contributed by atoms with E-state index in [1.54, 1.807) is 12.5 Å². The normalized spacial score (nSPS) is 20.1. The van der Waals surface area contributed by atoms with Gasteiger partial charge in [-0.2, -0.15) is 4.31 Å². The lowest BCUT2D eigenvalue weighted by atomic mass is 9.76. The van der Waals surface area contributed by atoms with Crippen molar-refractivity contribution in [1.82, 2.24) is 19.3 Å². The molecule has 4 N–H and O–H groups in total. The number of pyridine rings is 1. The Morgan fingerprint density at radius 1 is 1.12 bits per heavy atom. The standard InChI is InChI=1S/C28H34N6O5S/c1-27(2)6-5-22-21(11-27)26(32-17-31-22)33-7-8-39-23-4-3-18(9-20(23)13-33)19-10-24(25(29)30-12-19)40(37,38)34-14-28(36,15-34)16-35/h3-4,9-10,12,17,35-36H,5-8,11,13-16H2,1-2H3,(H2,29,30). The minimum absolute atomic E-state index is 0.121. The number of nitrogen functional groups attached to an aromatic ring is 1. The lowest BCUT2D eigenvalue weighted by molar-refractivity contribution is -0.0933. The molecule has 4 heterocycles. The van der Waals surface area contributed by atoms with Gasteiger partial charge in [-0.15, -0.1) is 0 Å². The number of aryl methyl sites for hydroxylation is 1. The van der Waals surface area contributed by atoms with Gasteiger partial charge in [0.15, 0.2) is 0 Å². The van der Waals surface area contributed by atoms with E-state index in [0.29, 0.717) is 25.3 Å². The van der Waals surface area contributed by atoms with E-state index in [1.807, 2.05) is 18.2 Å². The van der Waals surface area contributed by atoms with Crippen LogP contribution in [-0.2, 0) is 29.4 Å². The van der Waals surface area contributed by atoms with E-state index in [1.165, 1.54) is 11.6 Å². The van der Waals surface area contributed by atoms with E-state index < -0.39 is 22.2 Å². The predicted octanol–water partition coefficient (Wildman–Crippen LogP) is 1.76. The van der Waals surface area contributed by atoms with Crippen molar-refractivity contribution in [3.63, 3.8) is 0 Å². The average molecular weight is 567 g/mol. The number of aromatic nitrogens is 3. The zero-order valence-electron chi connectivity index (χ0n) is 22.7. The fourth-order valence-corrected chi connectivity index (χ4v) is 7.42. The van der Waals surface area contributed by atoms with Crippen LogP contribution in [0, 0.1) is 5.41 Å². The Morgan fingerprint density at radius 2 is 1.93 bits per heavy atom. The van der Waals surface area contributed by atoms with Crippen molar-refractivity contribution in [2.45, 2.75) is 50.2 Å². The number of aliphatic hydroxyl groups excluding tert-OH is 1. The maximum absolute atomic E-state index is 13.2. The quantitative estimate of drug-likeness (QED) is 0.416. The Morgan fingerprint density at radius 3 is 2.70 bits per heavy atom. The van der Waals surface area contributed by atoms with Gasteiger partial charge in [-0.3, -0.25) is 0 Å². The number of nitrogens with zero attached hydrogens (tertiary/aromatic N) is 5. The van der Waals surface area contributed by atoms with Crippen LogP contribution in [-0.4, -0.2) is 76.3 Å². The summed E-state index contributed by atoms with van der Waals surface area (Å²) in [4.78, 5) is 15.5. The van der Waals surface area contributed by atoms with Gasteiger partial charge in [-0.1, -0.05) is 19.9 Å². The van der Waals surface area contributed by atoms with Crippen molar-refractivity contribution >= 4 is 21.7 Å². The van der Waals surface area contributed by atoms with E-state index in [4.69, 9.17) is 15.5 Å². The predicted molar refractivity (Wildman–Crippen MR) is 149 cm³/mol. The zero-order chi connectivity index (χ0) is 28.3. The van der Waals surface area contributed by atoms with Gasteiger partial charge < -0.3 is 25.6 Å². The molecule has 40 heavy (non-hydrogen) atoms. The highest BCUT2D eigenvalue weighted by molar-refractivity contribution is 7.89. The molecule has 1 saturated heterocycles. The third kappa shape index (κ3) is 4.78. The van der Waals surface area contributed by atoms with Crippen molar-refractivity contribution in [2.24, 2.45) is 5.41 Å². The molecule has 0 radical (unpaired) electrons. The third-order valence-corrected chi connectivity index (χ3v) is 9.94. The fraction of sp³-hybridized carbons (Fsp3) is 0.464. The number of nitrogens with two attached hydrogens (primary N) is 1. The van der Waals surface area contributed by atoms with Gasteiger partial charge >= 0.3 is 0 Å².